The normalized spacial score (nSPS) is 44.8. The van der Waals surface area contributed by atoms with Gasteiger partial charge in [0.1, 0.15) is 18.3 Å². The number of hydrogen-bond acceptors (Lipinski definition) is 5. The summed E-state index contributed by atoms with van der Waals surface area (Å²) < 4.78 is 4.66. The van der Waals surface area contributed by atoms with Gasteiger partial charge in [0.2, 0.25) is 0 Å². The first-order valence-corrected chi connectivity index (χ1v) is 4.05. The SMILES string of the molecule is O[C@@H]1[C@@H](O)[C@@H](O)O[C@H]1[C@H](O)CCl. The topological polar surface area (TPSA) is 90.2 Å². The molecule has 0 aromatic rings. The minimum absolute atomic E-state index is 0.124. The summed E-state index contributed by atoms with van der Waals surface area (Å²) in [5, 5.41) is 36.2. The highest BCUT2D eigenvalue weighted by Gasteiger charge is 2.44. The minimum Gasteiger partial charge on any atom is -0.389 e. The Balaban J connectivity index is 2.58. The average molecular weight is 199 g/mol. The molecule has 0 amide bonds. The van der Waals surface area contributed by atoms with Gasteiger partial charge >= 0.3 is 0 Å². The van der Waals surface area contributed by atoms with Crippen molar-refractivity contribution in [2.24, 2.45) is 0 Å². The zero-order chi connectivity index (χ0) is 9.30. The molecule has 1 rings (SSSR count). The van der Waals surface area contributed by atoms with E-state index in [2.05, 4.69) is 4.74 Å². The van der Waals surface area contributed by atoms with E-state index < -0.39 is 30.7 Å². The van der Waals surface area contributed by atoms with Gasteiger partial charge in [0, 0.05) is 0 Å². The highest BCUT2D eigenvalue weighted by atomic mass is 35.5. The maximum Gasteiger partial charge on any atom is 0.184 e. The highest BCUT2D eigenvalue weighted by Crippen LogP contribution is 2.22. The maximum absolute atomic E-state index is 9.18. The monoisotopic (exact) mass is 198 g/mol. The molecule has 12 heavy (non-hydrogen) atoms. The van der Waals surface area contributed by atoms with E-state index in [9.17, 15) is 5.11 Å². The van der Waals surface area contributed by atoms with Crippen molar-refractivity contribution in [2.75, 3.05) is 5.88 Å². The largest absolute Gasteiger partial charge is 0.389 e. The molecule has 5 atom stereocenters. The van der Waals surface area contributed by atoms with E-state index in [1.807, 2.05) is 0 Å². The van der Waals surface area contributed by atoms with Crippen molar-refractivity contribution in [3.63, 3.8) is 0 Å². The van der Waals surface area contributed by atoms with Crippen molar-refractivity contribution in [3.8, 4) is 0 Å². The lowest BCUT2D eigenvalue weighted by Gasteiger charge is -2.17. The molecule has 6 heteroatoms. The lowest BCUT2D eigenvalue weighted by atomic mass is 10.1. The van der Waals surface area contributed by atoms with Crippen LogP contribution in [0.1, 0.15) is 0 Å². The molecule has 0 radical (unpaired) electrons. The van der Waals surface area contributed by atoms with Gasteiger partial charge in [-0.25, -0.2) is 0 Å². The van der Waals surface area contributed by atoms with Crippen LogP contribution in [-0.4, -0.2) is 57.0 Å². The predicted octanol–water partition coefficient (Wildman–Crippen LogP) is -1.97. The van der Waals surface area contributed by atoms with Gasteiger partial charge in [-0.05, 0) is 0 Å². The van der Waals surface area contributed by atoms with Crippen LogP contribution >= 0.6 is 11.6 Å². The van der Waals surface area contributed by atoms with Crippen LogP contribution in [0.25, 0.3) is 0 Å². The van der Waals surface area contributed by atoms with Crippen molar-refractivity contribution < 1.29 is 25.2 Å². The molecule has 0 unspecified atom stereocenters. The summed E-state index contributed by atoms with van der Waals surface area (Å²) in [5.74, 6) is -0.124. The molecule has 1 aliphatic rings. The standard InChI is InChI=1S/C6H11ClO5/c7-1-2(8)5-3(9)4(10)6(11)12-5/h2-6,8-11H,1H2/t2-,3-,4-,5+,6+/m1/s1. The molecule has 1 saturated heterocycles. The van der Waals surface area contributed by atoms with E-state index >= 15 is 0 Å². The van der Waals surface area contributed by atoms with E-state index in [0.29, 0.717) is 0 Å². The molecule has 0 aromatic heterocycles. The molecule has 1 heterocycles. The highest BCUT2D eigenvalue weighted by molar-refractivity contribution is 6.18. The molecule has 0 aromatic carbocycles. The van der Waals surface area contributed by atoms with Gasteiger partial charge in [0.15, 0.2) is 6.29 Å². The minimum atomic E-state index is -1.46. The number of rotatable bonds is 2. The zero-order valence-electron chi connectivity index (χ0n) is 6.17. The molecular weight excluding hydrogens is 188 g/mol. The second-order valence-corrected chi connectivity index (χ2v) is 3.00. The number of alkyl halides is 1. The summed E-state index contributed by atoms with van der Waals surface area (Å²) in [4.78, 5) is 0. The summed E-state index contributed by atoms with van der Waals surface area (Å²) in [6.07, 6.45) is -6.24. The van der Waals surface area contributed by atoms with Crippen LogP contribution in [0.2, 0.25) is 0 Å². The van der Waals surface area contributed by atoms with Gasteiger partial charge in [0.05, 0.1) is 12.0 Å². The van der Waals surface area contributed by atoms with Crippen molar-refractivity contribution in [1.82, 2.24) is 0 Å². The Morgan fingerprint density at radius 3 is 2.17 bits per heavy atom. The second kappa shape index (κ2) is 3.87. The van der Waals surface area contributed by atoms with E-state index in [0.717, 1.165) is 0 Å². The number of ether oxygens (including phenoxy) is 1. The Kier molecular flexibility index (Phi) is 3.28. The molecule has 0 spiro atoms. The van der Waals surface area contributed by atoms with E-state index in [1.165, 1.54) is 0 Å². The lowest BCUT2D eigenvalue weighted by Crippen LogP contribution is -2.39. The third-order valence-electron chi connectivity index (χ3n) is 1.81. The third-order valence-corrected chi connectivity index (χ3v) is 2.13. The lowest BCUT2D eigenvalue weighted by molar-refractivity contribution is -0.143. The summed E-state index contributed by atoms with van der Waals surface area (Å²) in [7, 11) is 0. The quantitative estimate of drug-likeness (QED) is 0.387. The first-order valence-electron chi connectivity index (χ1n) is 3.51. The Bertz CT molecular complexity index is 155. The van der Waals surface area contributed by atoms with Gasteiger partial charge in [0.25, 0.3) is 0 Å². The molecule has 0 aliphatic carbocycles. The molecule has 4 N–H and O–H groups in total. The Morgan fingerprint density at radius 2 is 1.83 bits per heavy atom. The first-order chi connectivity index (χ1) is 5.57. The van der Waals surface area contributed by atoms with Gasteiger partial charge in [-0.1, -0.05) is 0 Å². The fourth-order valence-electron chi connectivity index (χ4n) is 1.09. The van der Waals surface area contributed by atoms with Crippen LogP contribution in [0.5, 0.6) is 0 Å². The summed E-state index contributed by atoms with van der Waals surface area (Å²) in [6, 6.07) is 0. The van der Waals surface area contributed by atoms with Crippen LogP contribution < -0.4 is 0 Å². The van der Waals surface area contributed by atoms with Gasteiger partial charge in [-0.2, -0.15) is 0 Å². The number of aliphatic hydroxyl groups excluding tert-OH is 4. The van der Waals surface area contributed by atoms with Crippen molar-refractivity contribution >= 4 is 11.6 Å². The van der Waals surface area contributed by atoms with E-state index in [4.69, 9.17) is 26.9 Å². The first kappa shape index (κ1) is 10.2. The van der Waals surface area contributed by atoms with Crippen LogP contribution in [0.4, 0.5) is 0 Å². The van der Waals surface area contributed by atoms with Crippen LogP contribution in [-0.2, 0) is 4.74 Å². The fourth-order valence-corrected chi connectivity index (χ4v) is 1.27. The van der Waals surface area contributed by atoms with Crippen molar-refractivity contribution in [2.45, 2.75) is 30.7 Å². The van der Waals surface area contributed by atoms with E-state index in [-0.39, 0.29) is 5.88 Å². The van der Waals surface area contributed by atoms with Crippen LogP contribution in [0.3, 0.4) is 0 Å². The Hall–Kier alpha value is 0.0900. The van der Waals surface area contributed by atoms with Gasteiger partial charge in [-0.15, -0.1) is 11.6 Å². The molecule has 1 fully saturated rings. The molecule has 0 bridgehead atoms. The summed E-state index contributed by atoms with van der Waals surface area (Å²) in [6.45, 7) is 0. The van der Waals surface area contributed by atoms with Crippen LogP contribution in [0, 0.1) is 0 Å². The number of hydrogen-bond donors (Lipinski definition) is 4. The maximum atomic E-state index is 9.18. The second-order valence-electron chi connectivity index (χ2n) is 2.69. The molecular formula is C6H11ClO5. The fraction of sp³-hybridized carbons (Fsp3) is 1.00. The summed E-state index contributed by atoms with van der Waals surface area (Å²) in [5.41, 5.74) is 0. The third kappa shape index (κ3) is 1.71. The summed E-state index contributed by atoms with van der Waals surface area (Å²) >= 11 is 5.29. The smallest absolute Gasteiger partial charge is 0.184 e. The molecule has 72 valence electrons. The van der Waals surface area contributed by atoms with Crippen molar-refractivity contribution in [1.29, 1.82) is 0 Å². The number of aliphatic hydroxyl groups is 4. The Morgan fingerprint density at radius 1 is 1.25 bits per heavy atom. The van der Waals surface area contributed by atoms with Crippen molar-refractivity contribution in [3.05, 3.63) is 0 Å². The van der Waals surface area contributed by atoms with Crippen LogP contribution in [0.15, 0.2) is 0 Å². The average Bonchev–Trinajstić information content (AvgIpc) is 2.32. The van der Waals surface area contributed by atoms with E-state index in [1.54, 1.807) is 0 Å². The zero-order valence-corrected chi connectivity index (χ0v) is 6.92. The molecule has 1 aliphatic heterocycles. The van der Waals surface area contributed by atoms with Gasteiger partial charge < -0.3 is 25.2 Å². The Labute approximate surface area is 74.2 Å². The number of halogens is 1. The van der Waals surface area contributed by atoms with Gasteiger partial charge in [-0.3, -0.25) is 0 Å². The predicted molar refractivity (Wildman–Crippen MR) is 39.6 cm³/mol. The molecule has 5 nitrogen and oxygen atoms in total. The molecule has 0 saturated carbocycles.